The van der Waals surface area contributed by atoms with Crippen LogP contribution in [-0.4, -0.2) is 21.4 Å². The summed E-state index contributed by atoms with van der Waals surface area (Å²) >= 11 is 0. The van der Waals surface area contributed by atoms with Crippen molar-refractivity contribution in [2.24, 2.45) is 29.1 Å². The zero-order valence-corrected chi connectivity index (χ0v) is 11.5. The van der Waals surface area contributed by atoms with Crippen molar-refractivity contribution in [2.75, 3.05) is 0 Å². The van der Waals surface area contributed by atoms with E-state index in [0.29, 0.717) is 29.1 Å². The standard InChI is InChI=1S/C15H26O2/c1-13(2)9-5-7-14(3,16)10-6-8-15(4,17)12(10)11(9)13/h9-12,16-17H,5-8H2,1-4H3/t9-,10+,11-,12+,14+,15-/m1/s1. The molecule has 3 fully saturated rings. The third kappa shape index (κ3) is 1.46. The van der Waals surface area contributed by atoms with Gasteiger partial charge in [-0.2, -0.15) is 0 Å². The van der Waals surface area contributed by atoms with Crippen LogP contribution in [0, 0.1) is 29.1 Å². The summed E-state index contributed by atoms with van der Waals surface area (Å²) in [6.45, 7) is 8.66. The highest BCUT2D eigenvalue weighted by Crippen LogP contribution is 2.71. The third-order valence-corrected chi connectivity index (χ3v) is 6.40. The molecule has 0 bridgehead atoms. The van der Waals surface area contributed by atoms with Gasteiger partial charge in [0, 0.05) is 0 Å². The molecule has 0 aromatic carbocycles. The second-order valence-corrected chi connectivity index (χ2v) is 7.88. The molecule has 3 aliphatic rings. The first-order valence-electron chi connectivity index (χ1n) is 7.13. The van der Waals surface area contributed by atoms with Crippen LogP contribution in [0.5, 0.6) is 0 Å². The van der Waals surface area contributed by atoms with Crippen molar-refractivity contribution in [1.29, 1.82) is 0 Å². The summed E-state index contributed by atoms with van der Waals surface area (Å²) in [5, 5.41) is 21.3. The quantitative estimate of drug-likeness (QED) is 0.681. The molecule has 3 rings (SSSR count). The zero-order chi connectivity index (χ0) is 12.6. The molecule has 0 radical (unpaired) electrons. The van der Waals surface area contributed by atoms with E-state index in [0.717, 1.165) is 25.7 Å². The summed E-state index contributed by atoms with van der Waals surface area (Å²) < 4.78 is 0. The number of hydrogen-bond donors (Lipinski definition) is 2. The summed E-state index contributed by atoms with van der Waals surface area (Å²) in [6.07, 6.45) is 3.89. The Bertz CT molecular complexity index is 343. The second-order valence-electron chi connectivity index (χ2n) is 7.88. The molecular formula is C15H26O2. The third-order valence-electron chi connectivity index (χ3n) is 6.40. The van der Waals surface area contributed by atoms with Crippen molar-refractivity contribution in [3.05, 3.63) is 0 Å². The van der Waals surface area contributed by atoms with E-state index in [1.165, 1.54) is 0 Å². The Morgan fingerprint density at radius 2 is 1.29 bits per heavy atom. The van der Waals surface area contributed by atoms with Crippen molar-refractivity contribution in [2.45, 2.75) is 64.6 Å². The normalized spacial score (nSPS) is 60.4. The molecule has 2 N–H and O–H groups in total. The van der Waals surface area contributed by atoms with Gasteiger partial charge in [0.15, 0.2) is 0 Å². The smallest absolute Gasteiger partial charge is 0.0654 e. The molecule has 0 aromatic heterocycles. The van der Waals surface area contributed by atoms with Crippen LogP contribution < -0.4 is 0 Å². The first kappa shape index (κ1) is 12.0. The molecule has 0 amide bonds. The Hall–Kier alpha value is -0.0800. The molecule has 6 atom stereocenters. The lowest BCUT2D eigenvalue weighted by Crippen LogP contribution is -2.43. The summed E-state index contributed by atoms with van der Waals surface area (Å²) in [7, 11) is 0. The number of hydrogen-bond acceptors (Lipinski definition) is 2. The molecular weight excluding hydrogens is 212 g/mol. The van der Waals surface area contributed by atoms with Crippen molar-refractivity contribution >= 4 is 0 Å². The molecule has 0 aliphatic heterocycles. The van der Waals surface area contributed by atoms with E-state index in [-0.39, 0.29) is 0 Å². The molecule has 0 saturated heterocycles. The van der Waals surface area contributed by atoms with Gasteiger partial charge in [0.2, 0.25) is 0 Å². The maximum Gasteiger partial charge on any atom is 0.0654 e. The fourth-order valence-corrected chi connectivity index (χ4v) is 5.25. The number of rotatable bonds is 0. The molecule has 0 aromatic rings. The summed E-state index contributed by atoms with van der Waals surface area (Å²) in [6, 6.07) is 0. The molecule has 2 nitrogen and oxygen atoms in total. The van der Waals surface area contributed by atoms with Crippen LogP contribution in [0.1, 0.15) is 53.4 Å². The summed E-state index contributed by atoms with van der Waals surface area (Å²) in [5.41, 5.74) is -0.738. The summed E-state index contributed by atoms with van der Waals surface area (Å²) in [4.78, 5) is 0. The lowest BCUT2D eigenvalue weighted by molar-refractivity contribution is -0.0663. The van der Waals surface area contributed by atoms with E-state index >= 15 is 0 Å². The maximum atomic E-state index is 10.7. The lowest BCUT2D eigenvalue weighted by atomic mass is 9.73. The Morgan fingerprint density at radius 1 is 0.765 bits per heavy atom. The van der Waals surface area contributed by atoms with Crippen LogP contribution in [0.25, 0.3) is 0 Å². The number of aliphatic hydroxyl groups is 2. The maximum absolute atomic E-state index is 10.7. The average molecular weight is 238 g/mol. The van der Waals surface area contributed by atoms with E-state index < -0.39 is 11.2 Å². The van der Waals surface area contributed by atoms with Crippen LogP contribution in [0.4, 0.5) is 0 Å². The van der Waals surface area contributed by atoms with Gasteiger partial charge in [-0.05, 0) is 68.6 Å². The number of fused-ring (bicyclic) bond motifs is 3. The van der Waals surface area contributed by atoms with E-state index in [1.54, 1.807) is 0 Å². The summed E-state index contributed by atoms with van der Waals surface area (Å²) in [5.74, 6) is 1.95. The van der Waals surface area contributed by atoms with Crippen molar-refractivity contribution in [3.63, 3.8) is 0 Å². The Kier molecular flexibility index (Phi) is 2.17. The highest BCUT2D eigenvalue weighted by Gasteiger charge is 2.69. The van der Waals surface area contributed by atoms with E-state index in [9.17, 15) is 10.2 Å². The molecule has 0 spiro atoms. The van der Waals surface area contributed by atoms with Gasteiger partial charge in [0.05, 0.1) is 11.2 Å². The Balaban J connectivity index is 1.99. The van der Waals surface area contributed by atoms with Crippen molar-refractivity contribution in [1.82, 2.24) is 0 Å². The van der Waals surface area contributed by atoms with Crippen LogP contribution in [0.2, 0.25) is 0 Å². The van der Waals surface area contributed by atoms with Gasteiger partial charge >= 0.3 is 0 Å². The minimum Gasteiger partial charge on any atom is -0.390 e. The van der Waals surface area contributed by atoms with Crippen LogP contribution in [0.15, 0.2) is 0 Å². The molecule has 17 heavy (non-hydrogen) atoms. The topological polar surface area (TPSA) is 40.5 Å². The van der Waals surface area contributed by atoms with Gasteiger partial charge in [-0.15, -0.1) is 0 Å². The average Bonchev–Trinajstić information content (AvgIpc) is 2.59. The van der Waals surface area contributed by atoms with E-state index in [4.69, 9.17) is 0 Å². The fraction of sp³-hybridized carbons (Fsp3) is 1.00. The second kappa shape index (κ2) is 3.08. The van der Waals surface area contributed by atoms with Gasteiger partial charge in [-0.1, -0.05) is 13.8 Å². The Morgan fingerprint density at radius 3 is 1.94 bits per heavy atom. The van der Waals surface area contributed by atoms with Gasteiger partial charge in [-0.3, -0.25) is 0 Å². The molecule has 3 aliphatic carbocycles. The van der Waals surface area contributed by atoms with Gasteiger partial charge in [0.1, 0.15) is 0 Å². The first-order valence-corrected chi connectivity index (χ1v) is 7.13. The molecule has 3 saturated carbocycles. The first-order chi connectivity index (χ1) is 7.68. The van der Waals surface area contributed by atoms with E-state index in [2.05, 4.69) is 13.8 Å². The molecule has 98 valence electrons. The minimum absolute atomic E-state index is 0.300. The highest BCUT2D eigenvalue weighted by atomic mass is 16.3. The molecule has 2 heteroatoms. The Labute approximate surface area is 104 Å². The zero-order valence-electron chi connectivity index (χ0n) is 11.5. The van der Waals surface area contributed by atoms with Gasteiger partial charge in [-0.25, -0.2) is 0 Å². The minimum atomic E-state index is -0.561. The van der Waals surface area contributed by atoms with Crippen LogP contribution >= 0.6 is 0 Å². The SMILES string of the molecule is CC1(C)[C@H]2[C@@H]3[C@H](CC[C@@]3(C)O)[C@@](C)(O)CC[C@H]21. The largest absolute Gasteiger partial charge is 0.390 e. The monoisotopic (exact) mass is 238 g/mol. The molecule has 0 unspecified atom stereocenters. The van der Waals surface area contributed by atoms with E-state index in [1.807, 2.05) is 13.8 Å². The van der Waals surface area contributed by atoms with Gasteiger partial charge < -0.3 is 10.2 Å². The highest BCUT2D eigenvalue weighted by molar-refractivity contribution is 5.18. The van der Waals surface area contributed by atoms with Crippen LogP contribution in [0.3, 0.4) is 0 Å². The fourth-order valence-electron chi connectivity index (χ4n) is 5.25. The molecule has 0 heterocycles. The predicted molar refractivity (Wildman–Crippen MR) is 67.5 cm³/mol. The van der Waals surface area contributed by atoms with Crippen molar-refractivity contribution in [3.8, 4) is 0 Å². The van der Waals surface area contributed by atoms with Crippen LogP contribution in [-0.2, 0) is 0 Å². The van der Waals surface area contributed by atoms with Gasteiger partial charge in [0.25, 0.3) is 0 Å². The van der Waals surface area contributed by atoms with Crippen molar-refractivity contribution < 1.29 is 10.2 Å². The predicted octanol–water partition coefficient (Wildman–Crippen LogP) is 2.58. The lowest BCUT2D eigenvalue weighted by Gasteiger charge is -2.37.